The van der Waals surface area contributed by atoms with Crippen molar-refractivity contribution in [1.29, 1.82) is 0 Å². The third kappa shape index (κ3) is 7.69. The summed E-state index contributed by atoms with van der Waals surface area (Å²) in [5.41, 5.74) is 1.21. The summed E-state index contributed by atoms with van der Waals surface area (Å²) in [7, 11) is 0. The lowest BCUT2D eigenvalue weighted by molar-refractivity contribution is -0.0165. The molecule has 170 valence electrons. The van der Waals surface area contributed by atoms with Crippen molar-refractivity contribution in [3.05, 3.63) is 23.8 Å². The second kappa shape index (κ2) is 13.3. The summed E-state index contributed by atoms with van der Waals surface area (Å²) in [5.74, 6) is 2.48. The molecule has 2 unspecified atom stereocenters. The van der Waals surface area contributed by atoms with E-state index in [1.54, 1.807) is 0 Å². The summed E-state index contributed by atoms with van der Waals surface area (Å²) in [6, 6.07) is 7.00. The Hall–Kier alpha value is -1.99. The van der Waals surface area contributed by atoms with Crippen LogP contribution in [-0.2, 0) is 11.2 Å². The molecule has 0 saturated carbocycles. The van der Waals surface area contributed by atoms with Gasteiger partial charge in [0.15, 0.2) is 17.5 Å². The number of ether oxygens (including phenoxy) is 3. The van der Waals surface area contributed by atoms with E-state index in [9.17, 15) is 0 Å². The van der Waals surface area contributed by atoms with Crippen molar-refractivity contribution in [3.63, 3.8) is 0 Å². The predicted molar refractivity (Wildman–Crippen MR) is 123 cm³/mol. The van der Waals surface area contributed by atoms with Gasteiger partial charge in [0, 0.05) is 31.7 Å². The molecule has 1 aliphatic heterocycles. The van der Waals surface area contributed by atoms with Gasteiger partial charge in [-0.25, -0.2) is 0 Å². The molecule has 2 N–H and O–H groups in total. The summed E-state index contributed by atoms with van der Waals surface area (Å²) in [6.07, 6.45) is 0.882. The van der Waals surface area contributed by atoms with Crippen molar-refractivity contribution in [2.45, 2.75) is 53.1 Å². The first kappa shape index (κ1) is 24.3. The second-order valence-corrected chi connectivity index (χ2v) is 7.55. The molecule has 0 aliphatic carbocycles. The molecule has 2 rings (SSSR count). The molecular weight excluding hydrogens is 380 g/mol. The summed E-state index contributed by atoms with van der Waals surface area (Å²) >= 11 is 0. The Morgan fingerprint density at radius 2 is 1.97 bits per heavy atom. The van der Waals surface area contributed by atoms with E-state index < -0.39 is 0 Å². The van der Waals surface area contributed by atoms with E-state index in [1.807, 2.05) is 19.9 Å². The first-order valence-corrected chi connectivity index (χ1v) is 11.3. The van der Waals surface area contributed by atoms with Crippen LogP contribution in [0.4, 0.5) is 0 Å². The lowest BCUT2D eigenvalue weighted by Gasteiger charge is -2.37. The molecule has 0 amide bonds. The maximum absolute atomic E-state index is 5.73. The van der Waals surface area contributed by atoms with Crippen LogP contribution in [0.15, 0.2) is 23.2 Å². The van der Waals surface area contributed by atoms with Gasteiger partial charge in [0.05, 0.1) is 33.0 Å². The standard InChI is InChI=1S/C23H40N4O3/c1-6-24-23(26-16-18(4)27-13-14-28-17-19(27)5)25-12-11-20-9-10-21(29-7-2)22(15-20)30-8-3/h9-10,15,18-19H,6-8,11-14,16-17H2,1-5H3,(H2,24,25,26). The molecule has 7 nitrogen and oxygen atoms in total. The van der Waals surface area contributed by atoms with E-state index in [2.05, 4.69) is 48.4 Å². The van der Waals surface area contributed by atoms with Crippen LogP contribution in [0.5, 0.6) is 11.5 Å². The first-order chi connectivity index (χ1) is 14.6. The minimum Gasteiger partial charge on any atom is -0.490 e. The van der Waals surface area contributed by atoms with Crippen molar-refractivity contribution in [3.8, 4) is 11.5 Å². The molecule has 1 aromatic carbocycles. The van der Waals surface area contributed by atoms with Crippen LogP contribution >= 0.6 is 0 Å². The zero-order valence-corrected chi connectivity index (χ0v) is 19.4. The van der Waals surface area contributed by atoms with Crippen LogP contribution in [0.3, 0.4) is 0 Å². The summed E-state index contributed by atoms with van der Waals surface area (Å²) in [4.78, 5) is 7.28. The van der Waals surface area contributed by atoms with E-state index >= 15 is 0 Å². The number of rotatable bonds is 11. The zero-order chi connectivity index (χ0) is 21.8. The van der Waals surface area contributed by atoms with Gasteiger partial charge in [-0.15, -0.1) is 0 Å². The fraction of sp³-hybridized carbons (Fsp3) is 0.696. The average molecular weight is 421 g/mol. The Morgan fingerprint density at radius 3 is 2.67 bits per heavy atom. The van der Waals surface area contributed by atoms with Crippen molar-refractivity contribution >= 4 is 5.96 Å². The van der Waals surface area contributed by atoms with Gasteiger partial charge in [0.2, 0.25) is 0 Å². The number of hydrogen-bond acceptors (Lipinski definition) is 5. The van der Waals surface area contributed by atoms with E-state index in [4.69, 9.17) is 19.2 Å². The van der Waals surface area contributed by atoms with Crippen LogP contribution in [0, 0.1) is 0 Å². The average Bonchev–Trinajstić information content (AvgIpc) is 2.74. The number of hydrogen-bond donors (Lipinski definition) is 2. The topological polar surface area (TPSA) is 67.4 Å². The summed E-state index contributed by atoms with van der Waals surface area (Å²) in [6.45, 7) is 16.8. The molecule has 0 aromatic heterocycles. The number of benzene rings is 1. The quantitative estimate of drug-likeness (QED) is 0.424. The fourth-order valence-corrected chi connectivity index (χ4v) is 3.64. The van der Waals surface area contributed by atoms with Crippen molar-refractivity contribution < 1.29 is 14.2 Å². The Bertz CT molecular complexity index is 653. The molecule has 0 spiro atoms. The summed E-state index contributed by atoms with van der Waals surface area (Å²) < 4.78 is 16.9. The Kier molecular flexibility index (Phi) is 10.8. The van der Waals surface area contributed by atoms with Crippen molar-refractivity contribution in [1.82, 2.24) is 15.5 Å². The highest BCUT2D eigenvalue weighted by atomic mass is 16.5. The maximum atomic E-state index is 5.73. The molecule has 1 saturated heterocycles. The van der Waals surface area contributed by atoms with Crippen LogP contribution in [0.2, 0.25) is 0 Å². The van der Waals surface area contributed by atoms with Crippen molar-refractivity contribution in [2.24, 2.45) is 4.99 Å². The lowest BCUT2D eigenvalue weighted by Crippen LogP contribution is -2.49. The van der Waals surface area contributed by atoms with Gasteiger partial charge in [-0.2, -0.15) is 0 Å². The molecule has 1 aromatic rings. The third-order valence-corrected chi connectivity index (χ3v) is 5.16. The van der Waals surface area contributed by atoms with Gasteiger partial charge in [-0.05, 0) is 58.7 Å². The van der Waals surface area contributed by atoms with E-state index in [0.717, 1.165) is 63.3 Å². The Morgan fingerprint density at radius 1 is 1.20 bits per heavy atom. The molecule has 30 heavy (non-hydrogen) atoms. The molecule has 0 bridgehead atoms. The van der Waals surface area contributed by atoms with Gasteiger partial charge >= 0.3 is 0 Å². The smallest absolute Gasteiger partial charge is 0.191 e. The highest BCUT2D eigenvalue weighted by Gasteiger charge is 2.23. The van der Waals surface area contributed by atoms with Crippen molar-refractivity contribution in [2.75, 3.05) is 52.6 Å². The number of morpholine rings is 1. The maximum Gasteiger partial charge on any atom is 0.191 e. The van der Waals surface area contributed by atoms with Crippen LogP contribution in [0.1, 0.15) is 40.2 Å². The van der Waals surface area contributed by atoms with Crippen LogP contribution < -0.4 is 20.1 Å². The minimum atomic E-state index is 0.388. The highest BCUT2D eigenvalue weighted by molar-refractivity contribution is 5.79. The molecule has 1 fully saturated rings. The van der Waals surface area contributed by atoms with Gasteiger partial charge in [-0.1, -0.05) is 6.07 Å². The molecule has 1 aliphatic rings. The predicted octanol–water partition coefficient (Wildman–Crippen LogP) is 2.69. The van der Waals surface area contributed by atoms with Gasteiger partial charge < -0.3 is 24.8 Å². The molecule has 7 heteroatoms. The number of nitrogens with zero attached hydrogens (tertiary/aromatic N) is 2. The lowest BCUT2D eigenvalue weighted by atomic mass is 10.1. The number of guanidine groups is 1. The first-order valence-electron chi connectivity index (χ1n) is 11.3. The minimum absolute atomic E-state index is 0.388. The normalized spacial score (nSPS) is 18.7. The molecule has 2 atom stereocenters. The second-order valence-electron chi connectivity index (χ2n) is 7.55. The monoisotopic (exact) mass is 420 g/mol. The number of aliphatic imine (C=N–C) groups is 1. The van der Waals surface area contributed by atoms with Crippen LogP contribution in [0.25, 0.3) is 0 Å². The van der Waals surface area contributed by atoms with E-state index in [-0.39, 0.29) is 0 Å². The molecule has 1 heterocycles. The molecular formula is C23H40N4O3. The van der Waals surface area contributed by atoms with Gasteiger partial charge in [0.25, 0.3) is 0 Å². The highest BCUT2D eigenvalue weighted by Crippen LogP contribution is 2.28. The summed E-state index contributed by atoms with van der Waals surface area (Å²) in [5, 5.41) is 6.80. The van der Waals surface area contributed by atoms with Gasteiger partial charge in [-0.3, -0.25) is 9.89 Å². The third-order valence-electron chi connectivity index (χ3n) is 5.16. The Labute approximate surface area is 182 Å². The van der Waals surface area contributed by atoms with Crippen LogP contribution in [-0.4, -0.2) is 75.5 Å². The van der Waals surface area contributed by atoms with Gasteiger partial charge in [0.1, 0.15) is 0 Å². The number of nitrogens with one attached hydrogen (secondary N) is 2. The molecule has 0 radical (unpaired) electrons. The van der Waals surface area contributed by atoms with E-state index in [1.165, 1.54) is 5.56 Å². The zero-order valence-electron chi connectivity index (χ0n) is 19.4. The van der Waals surface area contributed by atoms with E-state index in [0.29, 0.717) is 25.3 Å². The SMILES string of the molecule is CCNC(=NCC(C)N1CCOCC1C)NCCc1ccc(OCC)c(OCC)c1. The fourth-order valence-electron chi connectivity index (χ4n) is 3.64. The Balaban J connectivity index is 1.89. The largest absolute Gasteiger partial charge is 0.490 e.